The standard InChI is InChI=1S/C16H14BrN3O6S2/c17-11-1-3-12(4-2-11)28(24,25)20-13(8-21)16(23)26-9-14(22)19-15-10(7-18)5-6-27-15/h1-6,13,20-21H,8-9H2,(H,19,22). The number of aliphatic hydroxyl groups is 1. The van der Waals surface area contributed by atoms with Gasteiger partial charge in [-0.1, -0.05) is 15.9 Å². The van der Waals surface area contributed by atoms with Crippen molar-refractivity contribution in [2.24, 2.45) is 0 Å². The number of sulfonamides is 1. The number of rotatable bonds is 8. The van der Waals surface area contributed by atoms with E-state index < -0.39 is 41.2 Å². The maximum Gasteiger partial charge on any atom is 0.327 e. The Morgan fingerprint density at radius 3 is 2.57 bits per heavy atom. The molecule has 0 saturated carbocycles. The first-order chi connectivity index (χ1) is 13.3. The molecule has 1 unspecified atom stereocenters. The average molecular weight is 488 g/mol. The Morgan fingerprint density at radius 1 is 1.29 bits per heavy atom. The third-order valence-corrected chi connectivity index (χ3v) is 6.12. The fourth-order valence-electron chi connectivity index (χ4n) is 1.92. The van der Waals surface area contributed by atoms with E-state index in [1.807, 2.05) is 10.8 Å². The van der Waals surface area contributed by atoms with Gasteiger partial charge in [-0.15, -0.1) is 11.3 Å². The van der Waals surface area contributed by atoms with E-state index in [0.717, 1.165) is 11.3 Å². The molecule has 0 bridgehead atoms. The molecule has 0 spiro atoms. The summed E-state index contributed by atoms with van der Waals surface area (Å²) in [5.74, 6) is -1.83. The number of hydrogen-bond donors (Lipinski definition) is 3. The molecule has 1 aromatic carbocycles. The second kappa shape index (κ2) is 9.76. The van der Waals surface area contributed by atoms with Crippen molar-refractivity contribution in [1.29, 1.82) is 5.26 Å². The Balaban J connectivity index is 1.95. The number of nitrogens with one attached hydrogen (secondary N) is 2. The van der Waals surface area contributed by atoms with E-state index in [4.69, 9.17) is 10.00 Å². The number of aliphatic hydroxyl groups excluding tert-OH is 1. The number of nitriles is 1. The van der Waals surface area contributed by atoms with E-state index in [1.165, 1.54) is 30.3 Å². The van der Waals surface area contributed by atoms with Gasteiger partial charge in [0.2, 0.25) is 10.0 Å². The minimum Gasteiger partial charge on any atom is -0.454 e. The number of hydrogen-bond acceptors (Lipinski definition) is 8. The molecule has 0 fully saturated rings. The van der Waals surface area contributed by atoms with E-state index in [1.54, 1.807) is 5.38 Å². The van der Waals surface area contributed by atoms with Crippen molar-refractivity contribution in [3.05, 3.63) is 45.7 Å². The van der Waals surface area contributed by atoms with Crippen LogP contribution in [-0.2, 0) is 24.3 Å². The second-order valence-electron chi connectivity index (χ2n) is 5.24. The van der Waals surface area contributed by atoms with E-state index in [0.29, 0.717) is 9.47 Å². The summed E-state index contributed by atoms with van der Waals surface area (Å²) >= 11 is 4.30. The van der Waals surface area contributed by atoms with Crippen LogP contribution in [-0.4, -0.2) is 44.7 Å². The van der Waals surface area contributed by atoms with E-state index in [-0.39, 0.29) is 10.5 Å². The van der Waals surface area contributed by atoms with Crippen molar-refractivity contribution in [1.82, 2.24) is 4.72 Å². The molecule has 1 amide bonds. The highest BCUT2D eigenvalue weighted by atomic mass is 79.9. The molecule has 0 aliphatic carbocycles. The van der Waals surface area contributed by atoms with E-state index in [2.05, 4.69) is 21.2 Å². The summed E-state index contributed by atoms with van der Waals surface area (Å²) in [5.41, 5.74) is 0.264. The van der Waals surface area contributed by atoms with Crippen LogP contribution in [0.15, 0.2) is 45.1 Å². The number of benzene rings is 1. The molecule has 3 N–H and O–H groups in total. The van der Waals surface area contributed by atoms with Gasteiger partial charge in [0.25, 0.3) is 5.91 Å². The van der Waals surface area contributed by atoms with Crippen LogP contribution in [0, 0.1) is 11.3 Å². The van der Waals surface area contributed by atoms with Gasteiger partial charge in [-0.05, 0) is 35.7 Å². The number of amides is 1. The van der Waals surface area contributed by atoms with Crippen LogP contribution in [0.2, 0.25) is 0 Å². The topological polar surface area (TPSA) is 146 Å². The third kappa shape index (κ3) is 5.85. The molecule has 12 heteroatoms. The molecule has 0 saturated heterocycles. The van der Waals surface area contributed by atoms with E-state index >= 15 is 0 Å². The quantitative estimate of drug-likeness (QED) is 0.474. The minimum atomic E-state index is -4.09. The Kier molecular flexibility index (Phi) is 7.67. The number of halogens is 1. The molecule has 0 aliphatic heterocycles. The maximum absolute atomic E-state index is 12.3. The van der Waals surface area contributed by atoms with Crippen LogP contribution >= 0.6 is 27.3 Å². The molecule has 1 aromatic heterocycles. The molecule has 1 heterocycles. The van der Waals surface area contributed by atoms with Crippen molar-refractivity contribution >= 4 is 54.2 Å². The largest absolute Gasteiger partial charge is 0.454 e. The number of nitrogens with zero attached hydrogens (tertiary/aromatic N) is 1. The molecule has 1 atom stereocenters. The summed E-state index contributed by atoms with van der Waals surface area (Å²) in [4.78, 5) is 23.7. The summed E-state index contributed by atoms with van der Waals surface area (Å²) in [6.07, 6.45) is 0. The summed E-state index contributed by atoms with van der Waals surface area (Å²) in [6.45, 7) is -1.57. The Labute approximate surface area is 173 Å². The van der Waals surface area contributed by atoms with Gasteiger partial charge >= 0.3 is 5.97 Å². The first-order valence-electron chi connectivity index (χ1n) is 7.59. The van der Waals surface area contributed by atoms with Gasteiger partial charge in [0.05, 0.1) is 17.1 Å². The van der Waals surface area contributed by atoms with Crippen LogP contribution in [0.5, 0.6) is 0 Å². The fraction of sp³-hybridized carbons (Fsp3) is 0.188. The molecule has 148 valence electrons. The number of anilines is 1. The van der Waals surface area contributed by atoms with Gasteiger partial charge in [0.1, 0.15) is 17.1 Å². The second-order valence-corrected chi connectivity index (χ2v) is 8.79. The highest BCUT2D eigenvalue weighted by Gasteiger charge is 2.27. The number of ether oxygens (including phenoxy) is 1. The molecule has 2 rings (SSSR count). The van der Waals surface area contributed by atoms with Crippen molar-refractivity contribution < 1.29 is 27.9 Å². The minimum absolute atomic E-state index is 0.110. The van der Waals surface area contributed by atoms with Crippen LogP contribution in [0.4, 0.5) is 5.00 Å². The van der Waals surface area contributed by atoms with Gasteiger partial charge < -0.3 is 15.2 Å². The zero-order valence-corrected chi connectivity index (χ0v) is 17.3. The fourth-order valence-corrected chi connectivity index (χ4v) is 4.12. The van der Waals surface area contributed by atoms with Crippen molar-refractivity contribution in [2.75, 3.05) is 18.5 Å². The molecule has 0 aliphatic rings. The highest BCUT2D eigenvalue weighted by Crippen LogP contribution is 2.21. The van der Waals surface area contributed by atoms with Gasteiger partial charge in [0, 0.05) is 4.47 Å². The normalized spacial score (nSPS) is 12.0. The lowest BCUT2D eigenvalue weighted by atomic mass is 10.3. The number of thiophene rings is 1. The molecule has 28 heavy (non-hydrogen) atoms. The Hall–Kier alpha value is -2.30. The van der Waals surface area contributed by atoms with Gasteiger partial charge in [-0.25, -0.2) is 8.42 Å². The smallest absolute Gasteiger partial charge is 0.327 e. The number of carbonyl (C=O) groups is 2. The predicted molar refractivity (Wildman–Crippen MR) is 104 cm³/mol. The van der Waals surface area contributed by atoms with Gasteiger partial charge in [-0.3, -0.25) is 9.59 Å². The summed E-state index contributed by atoms with van der Waals surface area (Å²) in [6, 6.07) is 7.46. The monoisotopic (exact) mass is 487 g/mol. The maximum atomic E-state index is 12.3. The lowest BCUT2D eigenvalue weighted by Crippen LogP contribution is -2.44. The lowest BCUT2D eigenvalue weighted by molar-refractivity contribution is -0.149. The average Bonchev–Trinajstić information content (AvgIpc) is 3.11. The molecular formula is C16H14BrN3O6S2. The molecule has 2 aromatic rings. The summed E-state index contributed by atoms with van der Waals surface area (Å²) in [5, 5.41) is 22.5. The van der Waals surface area contributed by atoms with Crippen molar-refractivity contribution in [3.63, 3.8) is 0 Å². The van der Waals surface area contributed by atoms with Gasteiger partial charge in [0.15, 0.2) is 6.61 Å². The highest BCUT2D eigenvalue weighted by molar-refractivity contribution is 9.10. The molecule has 9 nitrogen and oxygen atoms in total. The van der Waals surface area contributed by atoms with Crippen LogP contribution in [0.1, 0.15) is 5.56 Å². The third-order valence-electron chi connectivity index (χ3n) is 3.27. The summed E-state index contributed by atoms with van der Waals surface area (Å²) in [7, 11) is -4.09. The van der Waals surface area contributed by atoms with Crippen molar-refractivity contribution in [2.45, 2.75) is 10.9 Å². The SMILES string of the molecule is N#Cc1ccsc1NC(=O)COC(=O)C(CO)NS(=O)(=O)c1ccc(Br)cc1. The van der Waals surface area contributed by atoms with Crippen LogP contribution < -0.4 is 10.0 Å². The number of carbonyl (C=O) groups excluding carboxylic acids is 2. The van der Waals surface area contributed by atoms with Crippen LogP contribution in [0.3, 0.4) is 0 Å². The Bertz CT molecular complexity index is 998. The van der Waals surface area contributed by atoms with Gasteiger partial charge in [-0.2, -0.15) is 9.98 Å². The first kappa shape index (κ1) is 22.0. The zero-order chi connectivity index (χ0) is 20.7. The van der Waals surface area contributed by atoms with E-state index in [9.17, 15) is 23.1 Å². The van der Waals surface area contributed by atoms with Crippen LogP contribution in [0.25, 0.3) is 0 Å². The first-order valence-corrected chi connectivity index (χ1v) is 10.7. The number of esters is 1. The van der Waals surface area contributed by atoms with Crippen molar-refractivity contribution in [3.8, 4) is 6.07 Å². The predicted octanol–water partition coefficient (Wildman–Crippen LogP) is 1.20. The zero-order valence-electron chi connectivity index (χ0n) is 14.1. The summed E-state index contributed by atoms with van der Waals surface area (Å²) < 4.78 is 32.0. The lowest BCUT2D eigenvalue weighted by Gasteiger charge is -2.15. The molecular weight excluding hydrogens is 474 g/mol. The Morgan fingerprint density at radius 2 is 1.96 bits per heavy atom. The molecule has 0 radical (unpaired) electrons.